The molecule has 1 atom stereocenters. The predicted molar refractivity (Wildman–Crippen MR) is 93.5 cm³/mol. The van der Waals surface area contributed by atoms with E-state index in [1.807, 2.05) is 6.07 Å². The minimum atomic E-state index is -1.86. The highest BCUT2D eigenvalue weighted by Crippen LogP contribution is 2.41. The molecule has 114 valence electrons. The van der Waals surface area contributed by atoms with Gasteiger partial charge in [-0.1, -0.05) is 58.7 Å². The molecule has 0 saturated carbocycles. The molecule has 0 aliphatic rings. The first-order valence-electron chi connectivity index (χ1n) is 6.77. The largest absolute Gasteiger partial charge is 0.410 e. The van der Waals surface area contributed by atoms with Crippen LogP contribution in [-0.2, 0) is 4.43 Å². The maximum atomic E-state index is 13.3. The minimum Gasteiger partial charge on any atom is -0.410 e. The predicted octanol–water partition coefficient (Wildman–Crippen LogP) is 6.44. The molecule has 0 aromatic heterocycles. The zero-order valence-electron chi connectivity index (χ0n) is 12.8. The summed E-state index contributed by atoms with van der Waals surface area (Å²) in [5, 5.41) is 1.01. The molecular formula is C15H23Br2FOSi. The number of benzene rings is 1. The van der Waals surface area contributed by atoms with Crippen molar-refractivity contribution < 1.29 is 8.82 Å². The smallest absolute Gasteiger partial charge is 0.192 e. The molecule has 1 nitrogen and oxygen atoms in total. The van der Waals surface area contributed by atoms with Crippen LogP contribution in [0, 0.1) is 5.82 Å². The molecule has 0 aliphatic carbocycles. The quantitative estimate of drug-likeness (QED) is 0.389. The highest BCUT2D eigenvalue weighted by atomic mass is 79.9. The molecule has 0 bridgehead atoms. The lowest BCUT2D eigenvalue weighted by Gasteiger charge is -2.39. The monoisotopic (exact) mass is 424 g/mol. The fraction of sp³-hybridized carbons (Fsp3) is 0.600. The van der Waals surface area contributed by atoms with E-state index in [-0.39, 0.29) is 17.0 Å². The second-order valence-corrected chi connectivity index (χ2v) is 12.9. The van der Waals surface area contributed by atoms with Crippen molar-refractivity contribution in [1.29, 1.82) is 0 Å². The summed E-state index contributed by atoms with van der Waals surface area (Å²) in [4.78, 5) is 0. The van der Waals surface area contributed by atoms with Gasteiger partial charge < -0.3 is 4.43 Å². The fourth-order valence-electron chi connectivity index (χ4n) is 1.67. The lowest BCUT2D eigenvalue weighted by Crippen LogP contribution is -2.42. The van der Waals surface area contributed by atoms with Gasteiger partial charge in [0.05, 0.1) is 6.10 Å². The van der Waals surface area contributed by atoms with Gasteiger partial charge in [-0.25, -0.2) is 4.39 Å². The molecular weight excluding hydrogens is 403 g/mol. The molecule has 0 amide bonds. The molecule has 1 rings (SSSR count). The molecule has 20 heavy (non-hydrogen) atoms. The Hall–Kier alpha value is 0.287. The van der Waals surface area contributed by atoms with Gasteiger partial charge in [0.25, 0.3) is 0 Å². The van der Waals surface area contributed by atoms with E-state index in [1.54, 1.807) is 0 Å². The van der Waals surface area contributed by atoms with Crippen molar-refractivity contribution in [3.8, 4) is 0 Å². The highest BCUT2D eigenvalue weighted by Gasteiger charge is 2.39. The summed E-state index contributed by atoms with van der Waals surface area (Å²) in [5.41, 5.74) is 1.02. The van der Waals surface area contributed by atoms with Crippen LogP contribution in [-0.4, -0.2) is 13.6 Å². The molecule has 0 fully saturated rings. The average Bonchev–Trinajstić information content (AvgIpc) is 2.26. The lowest BCUT2D eigenvalue weighted by molar-refractivity contribution is 0.180. The van der Waals surface area contributed by atoms with Gasteiger partial charge in [-0.2, -0.15) is 0 Å². The van der Waals surface area contributed by atoms with Crippen molar-refractivity contribution in [2.75, 3.05) is 5.33 Å². The van der Waals surface area contributed by atoms with E-state index in [1.165, 1.54) is 12.1 Å². The number of alkyl halides is 1. The minimum absolute atomic E-state index is 0.00904. The highest BCUT2D eigenvalue weighted by molar-refractivity contribution is 9.10. The number of rotatable bonds is 5. The zero-order valence-corrected chi connectivity index (χ0v) is 16.9. The number of hydrogen-bond acceptors (Lipinski definition) is 1. The third-order valence-electron chi connectivity index (χ3n) is 3.92. The fourth-order valence-corrected chi connectivity index (χ4v) is 4.00. The average molecular weight is 426 g/mol. The van der Waals surface area contributed by atoms with Crippen molar-refractivity contribution in [2.45, 2.75) is 51.4 Å². The molecule has 1 aromatic carbocycles. The number of halogens is 3. The van der Waals surface area contributed by atoms with Gasteiger partial charge in [0.1, 0.15) is 5.82 Å². The van der Waals surface area contributed by atoms with E-state index in [0.717, 1.165) is 21.8 Å². The van der Waals surface area contributed by atoms with Gasteiger partial charge in [0, 0.05) is 9.80 Å². The van der Waals surface area contributed by atoms with Crippen LogP contribution in [0.1, 0.15) is 38.9 Å². The molecule has 0 aliphatic heterocycles. The van der Waals surface area contributed by atoms with Crippen LogP contribution in [0.4, 0.5) is 4.39 Å². The normalized spacial score (nSPS) is 14.4. The third-order valence-corrected chi connectivity index (χ3v) is 9.55. The van der Waals surface area contributed by atoms with Crippen molar-refractivity contribution >= 4 is 40.2 Å². The first-order chi connectivity index (χ1) is 9.08. The molecule has 5 heteroatoms. The van der Waals surface area contributed by atoms with E-state index in [9.17, 15) is 4.39 Å². The standard InChI is InChI=1S/C15H23Br2FOSi/c1-15(2,3)20(4,5)19-14(8-9-16)12-7-6-11(18)10-13(12)17/h6-7,10,14H,8-9H2,1-5H3. The van der Waals surface area contributed by atoms with Gasteiger partial charge in [-0.05, 0) is 42.2 Å². The van der Waals surface area contributed by atoms with Gasteiger partial charge >= 0.3 is 0 Å². The molecule has 0 spiro atoms. The Balaban J connectivity index is 3.06. The van der Waals surface area contributed by atoms with Crippen molar-refractivity contribution in [3.05, 3.63) is 34.1 Å². The Kier molecular flexibility index (Phi) is 6.45. The van der Waals surface area contributed by atoms with Crippen LogP contribution in [0.2, 0.25) is 18.1 Å². The van der Waals surface area contributed by atoms with Crippen molar-refractivity contribution in [1.82, 2.24) is 0 Å². The summed E-state index contributed by atoms with van der Waals surface area (Å²) < 4.78 is 20.5. The molecule has 1 aromatic rings. The van der Waals surface area contributed by atoms with E-state index < -0.39 is 8.32 Å². The summed E-state index contributed by atoms with van der Waals surface area (Å²) in [5.74, 6) is -0.231. The molecule has 0 heterocycles. The van der Waals surface area contributed by atoms with Crippen molar-refractivity contribution in [2.24, 2.45) is 0 Å². The maximum Gasteiger partial charge on any atom is 0.192 e. The van der Waals surface area contributed by atoms with Crippen LogP contribution in [0.5, 0.6) is 0 Å². The van der Waals surface area contributed by atoms with E-state index in [2.05, 4.69) is 65.7 Å². The summed E-state index contributed by atoms with van der Waals surface area (Å²) in [7, 11) is -1.86. The molecule has 0 saturated heterocycles. The van der Waals surface area contributed by atoms with Gasteiger partial charge in [0.15, 0.2) is 8.32 Å². The Labute approximate surface area is 139 Å². The van der Waals surface area contributed by atoms with Gasteiger partial charge in [-0.15, -0.1) is 0 Å². The van der Waals surface area contributed by atoms with E-state index in [0.29, 0.717) is 0 Å². The SMILES string of the molecule is CC(C)(C)[Si](C)(C)OC(CCBr)c1ccc(F)cc1Br. The first kappa shape index (κ1) is 18.3. The van der Waals surface area contributed by atoms with Crippen LogP contribution >= 0.6 is 31.9 Å². The molecule has 0 radical (unpaired) electrons. The summed E-state index contributed by atoms with van der Waals surface area (Å²) in [6, 6.07) is 4.82. The second kappa shape index (κ2) is 7.03. The van der Waals surface area contributed by atoms with E-state index in [4.69, 9.17) is 4.43 Å². The molecule has 0 N–H and O–H groups in total. The summed E-state index contributed by atoms with van der Waals surface area (Å²) >= 11 is 6.95. The van der Waals surface area contributed by atoms with Crippen LogP contribution < -0.4 is 0 Å². The molecule has 1 unspecified atom stereocenters. The van der Waals surface area contributed by atoms with Gasteiger partial charge in [-0.3, -0.25) is 0 Å². The Morgan fingerprint density at radius 1 is 1.30 bits per heavy atom. The van der Waals surface area contributed by atoms with E-state index >= 15 is 0 Å². The lowest BCUT2D eigenvalue weighted by atomic mass is 10.1. The summed E-state index contributed by atoms with van der Waals surface area (Å²) in [6.07, 6.45) is 0.863. The van der Waals surface area contributed by atoms with Crippen molar-refractivity contribution in [3.63, 3.8) is 0 Å². The topological polar surface area (TPSA) is 9.23 Å². The first-order valence-corrected chi connectivity index (χ1v) is 11.6. The van der Waals surface area contributed by atoms with Gasteiger partial charge in [0.2, 0.25) is 0 Å². The Morgan fingerprint density at radius 3 is 2.35 bits per heavy atom. The number of hydrogen-bond donors (Lipinski definition) is 0. The Morgan fingerprint density at radius 2 is 1.90 bits per heavy atom. The van der Waals surface area contributed by atoms with Crippen LogP contribution in [0.3, 0.4) is 0 Å². The summed E-state index contributed by atoms with van der Waals surface area (Å²) in [6.45, 7) is 11.2. The third kappa shape index (κ3) is 4.65. The Bertz CT molecular complexity index is 458. The second-order valence-electron chi connectivity index (χ2n) is 6.51. The van der Waals surface area contributed by atoms with Crippen LogP contribution in [0.25, 0.3) is 0 Å². The maximum absolute atomic E-state index is 13.3. The van der Waals surface area contributed by atoms with Crippen LogP contribution in [0.15, 0.2) is 22.7 Å². The zero-order chi connectivity index (χ0) is 15.6.